The van der Waals surface area contributed by atoms with Gasteiger partial charge in [-0.2, -0.15) is 0 Å². The Kier molecular flexibility index (Phi) is 12.4. The van der Waals surface area contributed by atoms with Gasteiger partial charge in [0.1, 0.15) is 22.9 Å². The molecule has 264 valence electrons. The molecule has 2 aliphatic heterocycles. The summed E-state index contributed by atoms with van der Waals surface area (Å²) in [5.41, 5.74) is -0.709. The fraction of sp³-hybridized carbons (Fsp3) is 0.476. The van der Waals surface area contributed by atoms with E-state index in [9.17, 15) is 9.59 Å². The van der Waals surface area contributed by atoms with Gasteiger partial charge >= 0.3 is 0 Å². The largest absolute Gasteiger partial charge is 0.494 e. The van der Waals surface area contributed by atoms with Crippen molar-refractivity contribution in [3.63, 3.8) is 0 Å². The van der Waals surface area contributed by atoms with Crippen LogP contribution in [0.5, 0.6) is 11.5 Å². The van der Waals surface area contributed by atoms with Crippen LogP contribution in [0, 0.1) is 10.4 Å². The summed E-state index contributed by atoms with van der Waals surface area (Å²) < 4.78 is 24.0. The van der Waals surface area contributed by atoms with Crippen molar-refractivity contribution in [3.05, 3.63) is 80.1 Å². The molecule has 6 rings (SSSR count). The molecule has 0 saturated heterocycles. The number of aromatic nitrogens is 2. The Morgan fingerprint density at radius 2 is 0.900 bits per heavy atom. The van der Waals surface area contributed by atoms with E-state index in [1.807, 2.05) is 36.4 Å². The molecule has 0 N–H and O–H groups in total. The van der Waals surface area contributed by atoms with Gasteiger partial charge in [0.2, 0.25) is 0 Å². The lowest BCUT2D eigenvalue weighted by atomic mass is 10.1. The van der Waals surface area contributed by atoms with Gasteiger partial charge in [-0.05, 0) is 49.2 Å². The van der Waals surface area contributed by atoms with E-state index in [4.69, 9.17) is 18.3 Å². The Morgan fingerprint density at radius 1 is 0.520 bits per heavy atom. The fourth-order valence-electron chi connectivity index (χ4n) is 6.85. The SMILES string of the molecule is CCCCCCCCCCOc1ccc2coc(-c3nc(=O)c4c(-c5occ6ccc(OCCCCCCCCCC)cc56)nc(=O)c3=4)c2c1. The van der Waals surface area contributed by atoms with Crippen molar-refractivity contribution < 1.29 is 18.3 Å². The van der Waals surface area contributed by atoms with E-state index in [-0.39, 0.29) is 21.8 Å². The standard InChI is InChI=1S/C42H50N2O6/c1-3-5-7-9-11-13-15-17-23-47-31-21-19-29-27-49-39(33(29)25-31)37-35-36(42(46)43-37)38(44-41(35)45)40-34-26-32(22-20-30(34)28-50-40)48-24-18-16-14-12-10-8-6-4-2/h19-22,25-28H,3-18,23-24H2,1-2H3. The van der Waals surface area contributed by atoms with Crippen molar-refractivity contribution >= 4 is 21.5 Å². The molecule has 0 saturated carbocycles. The molecule has 0 aliphatic carbocycles. The number of furan rings is 2. The third-order valence-electron chi connectivity index (χ3n) is 9.69. The molecule has 0 spiro atoms. The van der Waals surface area contributed by atoms with Gasteiger partial charge < -0.3 is 18.3 Å². The molecular weight excluding hydrogens is 628 g/mol. The highest BCUT2D eigenvalue weighted by atomic mass is 16.5. The number of hydrogen-bond donors (Lipinski definition) is 0. The molecule has 0 radical (unpaired) electrons. The minimum Gasteiger partial charge on any atom is -0.494 e. The average Bonchev–Trinajstić information content (AvgIpc) is 3.90. The van der Waals surface area contributed by atoms with Crippen LogP contribution in [0.3, 0.4) is 0 Å². The Labute approximate surface area is 293 Å². The smallest absolute Gasteiger partial charge is 0.280 e. The quantitative estimate of drug-likeness (QED) is 0.0653. The Morgan fingerprint density at radius 3 is 1.30 bits per heavy atom. The molecule has 8 heteroatoms. The van der Waals surface area contributed by atoms with Crippen LogP contribution in [0.2, 0.25) is 0 Å². The molecule has 50 heavy (non-hydrogen) atoms. The lowest BCUT2D eigenvalue weighted by Gasteiger charge is -2.06. The zero-order chi connectivity index (χ0) is 34.7. The number of ether oxygens (including phenoxy) is 2. The molecule has 0 atom stereocenters. The van der Waals surface area contributed by atoms with Crippen LogP contribution < -0.4 is 20.6 Å². The summed E-state index contributed by atoms with van der Waals surface area (Å²) in [7, 11) is 0. The molecule has 0 bridgehead atoms. The van der Waals surface area contributed by atoms with E-state index < -0.39 is 11.1 Å². The van der Waals surface area contributed by atoms with Crippen molar-refractivity contribution in [1.29, 1.82) is 0 Å². The molecule has 0 fully saturated rings. The van der Waals surface area contributed by atoms with Gasteiger partial charge in [0.15, 0.2) is 11.5 Å². The van der Waals surface area contributed by atoms with E-state index in [1.165, 1.54) is 77.0 Å². The average molecular weight is 679 g/mol. The van der Waals surface area contributed by atoms with Gasteiger partial charge in [0.05, 0.1) is 36.2 Å². The first kappa shape index (κ1) is 35.4. The van der Waals surface area contributed by atoms with Crippen molar-refractivity contribution in [1.82, 2.24) is 9.97 Å². The number of benzene rings is 2. The molecule has 2 aromatic heterocycles. The normalized spacial score (nSPS) is 11.8. The third-order valence-corrected chi connectivity index (χ3v) is 9.69. The second kappa shape index (κ2) is 17.5. The summed E-state index contributed by atoms with van der Waals surface area (Å²) in [6, 6.07) is 11.4. The third kappa shape index (κ3) is 8.28. The predicted molar refractivity (Wildman–Crippen MR) is 199 cm³/mol. The van der Waals surface area contributed by atoms with E-state index in [0.717, 1.165) is 47.2 Å². The summed E-state index contributed by atoms with van der Waals surface area (Å²) in [5, 5.41) is 3.37. The zero-order valence-electron chi connectivity index (χ0n) is 29.7. The van der Waals surface area contributed by atoms with Gasteiger partial charge in [-0.3, -0.25) is 9.59 Å². The Bertz CT molecular complexity index is 1970. The topological polar surface area (TPSA) is 105 Å². The van der Waals surface area contributed by atoms with Crippen molar-refractivity contribution in [3.8, 4) is 34.4 Å². The molecule has 0 amide bonds. The van der Waals surface area contributed by atoms with Gasteiger partial charge in [-0.15, -0.1) is 0 Å². The number of rotatable bonds is 22. The molecular formula is C42H50N2O6. The fourth-order valence-corrected chi connectivity index (χ4v) is 6.85. The lowest BCUT2D eigenvalue weighted by Crippen LogP contribution is -2.04. The molecule has 0 unspecified atom stereocenters. The summed E-state index contributed by atoms with van der Waals surface area (Å²) in [6.45, 7) is 5.73. The summed E-state index contributed by atoms with van der Waals surface area (Å²) >= 11 is 0. The monoisotopic (exact) mass is 678 g/mol. The molecule has 4 aromatic rings. The van der Waals surface area contributed by atoms with Crippen molar-refractivity contribution in [2.24, 2.45) is 0 Å². The van der Waals surface area contributed by atoms with Crippen LogP contribution >= 0.6 is 0 Å². The predicted octanol–water partition coefficient (Wildman–Crippen LogP) is 10.7. The first-order chi connectivity index (χ1) is 24.6. The minimum absolute atomic E-state index is 0.137. The van der Waals surface area contributed by atoms with Crippen LogP contribution in [0.15, 0.2) is 67.3 Å². The summed E-state index contributed by atoms with van der Waals surface area (Å²) in [6.07, 6.45) is 22.9. The number of unbranched alkanes of at least 4 members (excludes halogenated alkanes) is 14. The first-order valence-corrected chi connectivity index (χ1v) is 18.9. The Hall–Kier alpha value is -4.46. The number of nitrogens with zero attached hydrogens (tertiary/aromatic N) is 2. The van der Waals surface area contributed by atoms with Crippen molar-refractivity contribution in [2.75, 3.05) is 13.2 Å². The van der Waals surface area contributed by atoms with Crippen LogP contribution in [0.25, 0.3) is 44.5 Å². The summed E-state index contributed by atoms with van der Waals surface area (Å²) in [5.74, 6) is 2.11. The molecule has 2 aromatic carbocycles. The maximum absolute atomic E-state index is 13.4. The van der Waals surface area contributed by atoms with Gasteiger partial charge in [0.25, 0.3) is 11.1 Å². The highest BCUT2D eigenvalue weighted by molar-refractivity contribution is 5.96. The van der Waals surface area contributed by atoms with E-state index in [2.05, 4.69) is 23.8 Å². The van der Waals surface area contributed by atoms with E-state index >= 15 is 0 Å². The van der Waals surface area contributed by atoms with E-state index in [1.54, 1.807) is 12.5 Å². The van der Waals surface area contributed by atoms with Crippen molar-refractivity contribution in [2.45, 2.75) is 117 Å². The van der Waals surface area contributed by atoms with Crippen LogP contribution in [-0.4, -0.2) is 23.2 Å². The summed E-state index contributed by atoms with van der Waals surface area (Å²) in [4.78, 5) is 35.4. The molecule has 8 nitrogen and oxygen atoms in total. The highest BCUT2D eigenvalue weighted by Gasteiger charge is 2.25. The first-order valence-electron chi connectivity index (χ1n) is 18.9. The number of hydrogen-bond acceptors (Lipinski definition) is 8. The maximum atomic E-state index is 13.4. The van der Waals surface area contributed by atoms with Crippen LogP contribution in [-0.2, 0) is 0 Å². The molecule has 2 aliphatic rings. The lowest BCUT2D eigenvalue weighted by molar-refractivity contribution is 0.304. The highest BCUT2D eigenvalue weighted by Crippen LogP contribution is 2.36. The van der Waals surface area contributed by atoms with Gasteiger partial charge in [0, 0.05) is 21.5 Å². The Balaban J connectivity index is 1.16. The second-order valence-electron chi connectivity index (χ2n) is 13.6. The van der Waals surface area contributed by atoms with Crippen LogP contribution in [0.1, 0.15) is 117 Å². The van der Waals surface area contributed by atoms with E-state index in [0.29, 0.717) is 36.2 Å². The minimum atomic E-state index is -0.544. The zero-order valence-corrected chi connectivity index (χ0v) is 29.7. The number of fused-ring (bicyclic) bond motifs is 2. The van der Waals surface area contributed by atoms with Crippen LogP contribution in [0.4, 0.5) is 0 Å². The second-order valence-corrected chi connectivity index (χ2v) is 13.6. The van der Waals surface area contributed by atoms with Gasteiger partial charge in [-0.1, -0.05) is 104 Å². The van der Waals surface area contributed by atoms with Gasteiger partial charge in [-0.25, -0.2) is 9.97 Å². The maximum Gasteiger partial charge on any atom is 0.280 e. The molecule has 4 heterocycles.